The van der Waals surface area contributed by atoms with E-state index in [9.17, 15) is 9.59 Å². The molecule has 2 N–H and O–H groups in total. The molecule has 0 fully saturated rings. The lowest BCUT2D eigenvalue weighted by atomic mass is 10.3. The van der Waals surface area contributed by atoms with Crippen molar-refractivity contribution >= 4 is 11.7 Å². The number of rotatable bonds is 2. The summed E-state index contributed by atoms with van der Waals surface area (Å²) in [6.45, 7) is 0. The fraction of sp³-hybridized carbons (Fsp3) is 0. The van der Waals surface area contributed by atoms with Crippen molar-refractivity contribution in [3.63, 3.8) is 0 Å². The number of hydrogen-bond acceptors (Lipinski definition) is 4. The van der Waals surface area contributed by atoms with Crippen LogP contribution in [-0.2, 0) is 0 Å². The fourth-order valence-electron chi connectivity index (χ4n) is 1.01. The summed E-state index contributed by atoms with van der Waals surface area (Å²) in [5.74, 6) is 0.106. The third-order valence-corrected chi connectivity index (χ3v) is 1.71. The van der Waals surface area contributed by atoms with Crippen LogP contribution in [0.5, 0.6) is 0 Å². The van der Waals surface area contributed by atoms with E-state index in [1.54, 1.807) is 6.07 Å². The number of carbonyl (C=O) groups excluding carboxylic acids is 1. The second kappa shape index (κ2) is 3.79. The highest BCUT2D eigenvalue weighted by Gasteiger charge is 2.06. The quantitative estimate of drug-likeness (QED) is 0.752. The molecule has 2 rings (SSSR count). The molecule has 0 aliphatic rings. The Hall–Kier alpha value is -2.37. The molecule has 0 aromatic carbocycles. The van der Waals surface area contributed by atoms with Crippen LogP contribution in [0.1, 0.15) is 10.4 Å². The Bertz CT molecular complexity index is 495. The molecule has 15 heavy (non-hydrogen) atoms. The first-order valence-corrected chi connectivity index (χ1v) is 4.15. The van der Waals surface area contributed by atoms with Crippen LogP contribution >= 0.6 is 0 Å². The van der Waals surface area contributed by atoms with Gasteiger partial charge in [-0.15, -0.1) is 0 Å². The van der Waals surface area contributed by atoms with Crippen molar-refractivity contribution < 1.29 is 9.21 Å². The molecule has 0 radical (unpaired) electrons. The van der Waals surface area contributed by atoms with Gasteiger partial charge in [-0.1, -0.05) is 0 Å². The number of carbonyl (C=O) groups is 1. The zero-order valence-electron chi connectivity index (χ0n) is 7.56. The lowest BCUT2D eigenvalue weighted by Crippen LogP contribution is -2.13. The summed E-state index contributed by atoms with van der Waals surface area (Å²) in [5, 5.41) is 8.78. The zero-order chi connectivity index (χ0) is 10.7. The molecule has 2 heterocycles. The van der Waals surface area contributed by atoms with Crippen molar-refractivity contribution in [2.75, 3.05) is 5.32 Å². The number of anilines is 1. The first kappa shape index (κ1) is 9.20. The lowest BCUT2D eigenvalue weighted by molar-refractivity contribution is 0.102. The third-order valence-electron chi connectivity index (χ3n) is 1.71. The van der Waals surface area contributed by atoms with Crippen molar-refractivity contribution in [2.45, 2.75) is 0 Å². The molecule has 6 heteroatoms. The minimum atomic E-state index is -0.493. The number of nitrogens with zero attached hydrogens (tertiary/aromatic N) is 1. The SMILES string of the molecule is O=C(Nc1ccn[nH]1)c1ccc(=O)oc1. The van der Waals surface area contributed by atoms with Crippen LogP contribution in [0.4, 0.5) is 5.82 Å². The van der Waals surface area contributed by atoms with Crippen LogP contribution in [0.25, 0.3) is 0 Å². The van der Waals surface area contributed by atoms with E-state index in [2.05, 4.69) is 19.9 Å². The predicted molar refractivity (Wildman–Crippen MR) is 51.5 cm³/mol. The summed E-state index contributed by atoms with van der Waals surface area (Å²) in [7, 11) is 0. The minimum Gasteiger partial charge on any atom is -0.430 e. The van der Waals surface area contributed by atoms with Crippen molar-refractivity contribution in [2.24, 2.45) is 0 Å². The predicted octanol–water partition coefficient (Wildman–Crippen LogP) is 0.615. The Morgan fingerprint density at radius 2 is 2.27 bits per heavy atom. The van der Waals surface area contributed by atoms with Gasteiger partial charge in [-0.05, 0) is 6.07 Å². The van der Waals surface area contributed by atoms with E-state index < -0.39 is 5.63 Å². The van der Waals surface area contributed by atoms with Crippen LogP contribution in [-0.4, -0.2) is 16.1 Å². The van der Waals surface area contributed by atoms with E-state index in [1.165, 1.54) is 18.3 Å². The molecule has 0 saturated carbocycles. The average Bonchev–Trinajstić information content (AvgIpc) is 2.71. The van der Waals surface area contributed by atoms with E-state index in [4.69, 9.17) is 0 Å². The first-order valence-electron chi connectivity index (χ1n) is 4.15. The summed E-state index contributed by atoms with van der Waals surface area (Å²) < 4.78 is 4.56. The summed E-state index contributed by atoms with van der Waals surface area (Å²) in [6, 6.07) is 4.18. The molecule has 2 aromatic heterocycles. The maximum Gasteiger partial charge on any atom is 0.335 e. The van der Waals surface area contributed by atoms with Crippen LogP contribution in [0.3, 0.4) is 0 Å². The van der Waals surface area contributed by atoms with Gasteiger partial charge in [-0.25, -0.2) is 4.79 Å². The van der Waals surface area contributed by atoms with Crippen LogP contribution in [0.15, 0.2) is 39.9 Å². The Morgan fingerprint density at radius 3 is 2.87 bits per heavy atom. The molecule has 0 bridgehead atoms. The van der Waals surface area contributed by atoms with Crippen LogP contribution in [0.2, 0.25) is 0 Å². The highest BCUT2D eigenvalue weighted by Crippen LogP contribution is 2.03. The molecule has 1 amide bonds. The third kappa shape index (κ3) is 2.11. The topological polar surface area (TPSA) is 88.0 Å². The lowest BCUT2D eigenvalue weighted by Gasteiger charge is -2.00. The zero-order valence-corrected chi connectivity index (χ0v) is 7.56. The van der Waals surface area contributed by atoms with Gasteiger partial charge in [0, 0.05) is 12.1 Å². The van der Waals surface area contributed by atoms with Crippen molar-refractivity contribution in [1.82, 2.24) is 10.2 Å². The van der Waals surface area contributed by atoms with E-state index in [0.717, 1.165) is 6.26 Å². The number of H-pyrrole nitrogens is 1. The maximum absolute atomic E-state index is 11.5. The number of amides is 1. The second-order valence-electron chi connectivity index (χ2n) is 2.77. The molecule has 6 nitrogen and oxygen atoms in total. The van der Waals surface area contributed by atoms with Crippen molar-refractivity contribution in [1.29, 1.82) is 0 Å². The Balaban J connectivity index is 2.15. The summed E-state index contributed by atoms with van der Waals surface area (Å²) in [5.41, 5.74) is -0.225. The normalized spacial score (nSPS) is 9.87. The molecule has 0 atom stereocenters. The largest absolute Gasteiger partial charge is 0.430 e. The van der Waals surface area contributed by atoms with E-state index >= 15 is 0 Å². The molecule has 0 spiro atoms. The molecule has 0 aliphatic carbocycles. The van der Waals surface area contributed by atoms with Crippen LogP contribution in [0, 0.1) is 0 Å². The molecule has 0 saturated heterocycles. The molecular formula is C9H7N3O3. The standard InChI is InChI=1S/C9H7N3O3/c13-8-2-1-6(5-15-8)9(14)11-7-3-4-10-12-7/h1-5H,(H2,10,11,12,14). The minimum absolute atomic E-state index is 0.268. The summed E-state index contributed by atoms with van der Waals surface area (Å²) in [4.78, 5) is 22.1. The van der Waals surface area contributed by atoms with Gasteiger partial charge in [0.2, 0.25) is 0 Å². The monoisotopic (exact) mass is 205 g/mol. The number of aromatic amines is 1. The molecule has 2 aromatic rings. The number of hydrogen-bond donors (Lipinski definition) is 2. The summed E-state index contributed by atoms with van der Waals surface area (Å²) in [6.07, 6.45) is 2.62. The smallest absolute Gasteiger partial charge is 0.335 e. The van der Waals surface area contributed by atoms with Gasteiger partial charge in [0.15, 0.2) is 0 Å². The Morgan fingerprint density at radius 1 is 1.40 bits per heavy atom. The first-order chi connectivity index (χ1) is 7.25. The van der Waals surface area contributed by atoms with Crippen LogP contribution < -0.4 is 10.9 Å². The van der Waals surface area contributed by atoms with Gasteiger partial charge in [-0.2, -0.15) is 5.10 Å². The molecular weight excluding hydrogens is 198 g/mol. The highest BCUT2D eigenvalue weighted by molar-refractivity contribution is 6.03. The van der Waals surface area contributed by atoms with E-state index in [0.29, 0.717) is 5.82 Å². The van der Waals surface area contributed by atoms with Gasteiger partial charge in [0.1, 0.15) is 12.1 Å². The molecule has 0 aliphatic heterocycles. The van der Waals surface area contributed by atoms with E-state index in [1.807, 2.05) is 0 Å². The maximum atomic E-state index is 11.5. The second-order valence-corrected chi connectivity index (χ2v) is 2.77. The van der Waals surface area contributed by atoms with Gasteiger partial charge >= 0.3 is 5.63 Å². The fourth-order valence-corrected chi connectivity index (χ4v) is 1.01. The Kier molecular flexibility index (Phi) is 2.32. The van der Waals surface area contributed by atoms with Gasteiger partial charge < -0.3 is 9.73 Å². The van der Waals surface area contributed by atoms with Crippen molar-refractivity contribution in [3.8, 4) is 0 Å². The van der Waals surface area contributed by atoms with Gasteiger partial charge in [-0.3, -0.25) is 9.89 Å². The van der Waals surface area contributed by atoms with Gasteiger partial charge in [0.25, 0.3) is 5.91 Å². The number of aromatic nitrogens is 2. The highest BCUT2D eigenvalue weighted by atomic mass is 16.4. The Labute approximate surface area is 83.9 Å². The van der Waals surface area contributed by atoms with Crippen molar-refractivity contribution in [3.05, 3.63) is 46.6 Å². The average molecular weight is 205 g/mol. The molecule has 0 unspecified atom stereocenters. The van der Waals surface area contributed by atoms with E-state index in [-0.39, 0.29) is 11.5 Å². The van der Waals surface area contributed by atoms with Gasteiger partial charge in [0.05, 0.1) is 11.8 Å². The number of nitrogens with one attached hydrogen (secondary N) is 2. The summed E-state index contributed by atoms with van der Waals surface area (Å²) >= 11 is 0. The molecule has 76 valence electrons.